The third-order valence-electron chi connectivity index (χ3n) is 11.0. The van der Waals surface area contributed by atoms with E-state index in [9.17, 15) is 9.59 Å². The van der Waals surface area contributed by atoms with E-state index in [1.807, 2.05) is 13.8 Å². The molecule has 4 aliphatic heterocycles. The second kappa shape index (κ2) is 15.9. The van der Waals surface area contributed by atoms with Crippen LogP contribution in [0.4, 0.5) is 0 Å². The van der Waals surface area contributed by atoms with Crippen molar-refractivity contribution in [2.24, 2.45) is 23.7 Å². The molecule has 0 aliphatic carbocycles. The fourth-order valence-electron chi connectivity index (χ4n) is 8.01. The molecule has 8 nitrogen and oxygen atoms in total. The van der Waals surface area contributed by atoms with Gasteiger partial charge < -0.3 is 28.6 Å². The van der Waals surface area contributed by atoms with Crippen LogP contribution >= 0.6 is 0 Å². The van der Waals surface area contributed by atoms with Gasteiger partial charge in [-0.3, -0.25) is 9.59 Å². The van der Waals surface area contributed by atoms with Gasteiger partial charge in [-0.25, -0.2) is 0 Å². The predicted octanol–water partition coefficient (Wildman–Crippen LogP) is 6.32. The van der Waals surface area contributed by atoms with Gasteiger partial charge in [0.25, 0.3) is 0 Å². The molecule has 0 radical (unpaired) electrons. The number of carbonyl (C=O) groups excluding carboxylic acids is 2. The first-order valence-electron chi connectivity index (χ1n) is 17.6. The normalized spacial score (nSPS) is 40.8. The molecule has 13 unspecified atom stereocenters. The minimum atomic E-state index is -0.364. The Kier molecular flexibility index (Phi) is 12.8. The summed E-state index contributed by atoms with van der Waals surface area (Å²) < 4.78 is 32.2. The van der Waals surface area contributed by atoms with Crippen LogP contribution in [0.2, 0.25) is 0 Å². The number of cyclic esters (lactones) is 2. The fourth-order valence-corrected chi connectivity index (χ4v) is 8.01. The van der Waals surface area contributed by atoms with Crippen molar-refractivity contribution in [3.63, 3.8) is 0 Å². The van der Waals surface area contributed by atoms with E-state index in [1.165, 1.54) is 0 Å². The van der Waals surface area contributed by atoms with Gasteiger partial charge >= 0.3 is 11.9 Å². The molecule has 13 atom stereocenters. The van der Waals surface area contributed by atoms with Gasteiger partial charge in [-0.2, -0.15) is 0 Å². The highest BCUT2D eigenvalue weighted by Crippen LogP contribution is 2.39. The van der Waals surface area contributed by atoms with E-state index in [4.69, 9.17) is 23.7 Å². The molecule has 0 saturated carbocycles. The van der Waals surface area contributed by atoms with Crippen molar-refractivity contribution in [1.82, 2.24) is 4.90 Å². The molecule has 4 aliphatic rings. The van der Waals surface area contributed by atoms with E-state index >= 15 is 0 Å². The summed E-state index contributed by atoms with van der Waals surface area (Å²) in [5.41, 5.74) is 0. The molecule has 0 N–H and O–H groups in total. The Labute approximate surface area is 261 Å². The Morgan fingerprint density at radius 2 is 1.42 bits per heavy atom. The molecular formula is C35H61NO7. The zero-order valence-electron chi connectivity index (χ0n) is 28.3. The van der Waals surface area contributed by atoms with Crippen LogP contribution in [0.25, 0.3) is 0 Å². The van der Waals surface area contributed by atoms with E-state index < -0.39 is 0 Å². The number of carbonyl (C=O) groups is 2. The lowest BCUT2D eigenvalue weighted by molar-refractivity contribution is -0.175. The summed E-state index contributed by atoms with van der Waals surface area (Å²) in [5, 5.41) is 0. The zero-order valence-corrected chi connectivity index (χ0v) is 28.3. The Hall–Kier alpha value is -1.22. The van der Waals surface area contributed by atoms with Crippen molar-refractivity contribution in [2.75, 3.05) is 14.1 Å². The summed E-state index contributed by atoms with van der Waals surface area (Å²) in [6, 6.07) is 0.509. The van der Waals surface area contributed by atoms with Crippen molar-refractivity contribution < 1.29 is 33.3 Å². The molecule has 4 heterocycles. The van der Waals surface area contributed by atoms with Crippen molar-refractivity contribution >= 4 is 11.9 Å². The second-order valence-corrected chi connectivity index (χ2v) is 14.5. The van der Waals surface area contributed by atoms with Crippen LogP contribution in [0.15, 0.2) is 0 Å². The van der Waals surface area contributed by atoms with Gasteiger partial charge in [0, 0.05) is 24.3 Å². The van der Waals surface area contributed by atoms with Gasteiger partial charge in [0.05, 0.1) is 48.5 Å². The maximum atomic E-state index is 13.7. The lowest BCUT2D eigenvalue weighted by Gasteiger charge is -2.36. The van der Waals surface area contributed by atoms with Gasteiger partial charge in [0.2, 0.25) is 0 Å². The summed E-state index contributed by atoms with van der Waals surface area (Å²) in [6.45, 7) is 12.6. The van der Waals surface area contributed by atoms with Gasteiger partial charge in [-0.05, 0) is 85.7 Å². The average Bonchev–Trinajstić information content (AvgIpc) is 3.75. The quantitative estimate of drug-likeness (QED) is 0.282. The van der Waals surface area contributed by atoms with E-state index in [2.05, 4.69) is 46.7 Å². The minimum absolute atomic E-state index is 0.0175. The summed E-state index contributed by atoms with van der Waals surface area (Å²) in [4.78, 5) is 29.3. The van der Waals surface area contributed by atoms with Crippen molar-refractivity contribution in [2.45, 2.75) is 173 Å². The van der Waals surface area contributed by atoms with Crippen LogP contribution in [0, 0.1) is 23.7 Å². The molecule has 4 bridgehead atoms. The standard InChI is InChI=1S/C35H61NO7/c1-9-11-25(36(7)8)19-27-13-15-29(39-27)21(3)33-22(4)30-17-18-32(42-30)24(6)34(37)41-26(12-10-2)20-28-14-16-31(40-28)23(5)35(38)43-33/h21-33H,9-20H2,1-8H3. The highest BCUT2D eigenvalue weighted by Gasteiger charge is 2.46. The van der Waals surface area contributed by atoms with Crippen molar-refractivity contribution in [3.8, 4) is 0 Å². The summed E-state index contributed by atoms with van der Waals surface area (Å²) in [5.74, 6) is -1.08. The van der Waals surface area contributed by atoms with Crippen LogP contribution in [-0.2, 0) is 33.3 Å². The number of hydrogen-bond donors (Lipinski definition) is 0. The second-order valence-electron chi connectivity index (χ2n) is 14.5. The highest BCUT2D eigenvalue weighted by molar-refractivity contribution is 5.73. The zero-order chi connectivity index (χ0) is 31.3. The SMILES string of the molecule is CCCC1CC2CCC(O2)C(C)C(=O)OC(C(C)C2CCC(CC(CCC)N(C)C)O2)C(C)C2CCC(O2)C(C)C(=O)O1. The van der Waals surface area contributed by atoms with Gasteiger partial charge in [-0.1, -0.05) is 40.5 Å². The van der Waals surface area contributed by atoms with Gasteiger partial charge in [0.15, 0.2) is 0 Å². The minimum Gasteiger partial charge on any atom is -0.462 e. The summed E-state index contributed by atoms with van der Waals surface area (Å²) >= 11 is 0. The number of nitrogens with zero attached hydrogens (tertiary/aromatic N) is 1. The first-order valence-corrected chi connectivity index (χ1v) is 17.6. The average molecular weight is 608 g/mol. The molecule has 0 spiro atoms. The predicted molar refractivity (Wildman–Crippen MR) is 167 cm³/mol. The third-order valence-corrected chi connectivity index (χ3v) is 11.0. The Bertz CT molecular complexity index is 897. The number of esters is 2. The number of fused-ring (bicyclic) bond motifs is 4. The molecule has 0 amide bonds. The van der Waals surface area contributed by atoms with Crippen LogP contribution in [0.5, 0.6) is 0 Å². The van der Waals surface area contributed by atoms with E-state index in [1.54, 1.807) is 0 Å². The monoisotopic (exact) mass is 607 g/mol. The van der Waals surface area contributed by atoms with Crippen LogP contribution in [0.1, 0.15) is 119 Å². The van der Waals surface area contributed by atoms with E-state index in [0.29, 0.717) is 12.5 Å². The molecule has 4 fully saturated rings. The molecule has 43 heavy (non-hydrogen) atoms. The maximum Gasteiger partial charge on any atom is 0.311 e. The number of rotatable bonds is 9. The molecule has 0 aromatic carbocycles. The van der Waals surface area contributed by atoms with Crippen molar-refractivity contribution in [3.05, 3.63) is 0 Å². The Morgan fingerprint density at radius 3 is 2.09 bits per heavy atom. The number of hydrogen-bond acceptors (Lipinski definition) is 8. The topological polar surface area (TPSA) is 83.5 Å². The number of ether oxygens (including phenoxy) is 5. The van der Waals surface area contributed by atoms with Crippen LogP contribution < -0.4 is 0 Å². The molecular weight excluding hydrogens is 546 g/mol. The molecule has 248 valence electrons. The van der Waals surface area contributed by atoms with Gasteiger partial charge in [-0.15, -0.1) is 0 Å². The van der Waals surface area contributed by atoms with Gasteiger partial charge in [0.1, 0.15) is 12.2 Å². The Morgan fingerprint density at radius 1 is 0.767 bits per heavy atom. The Balaban J connectivity index is 1.51. The maximum absolute atomic E-state index is 13.7. The van der Waals surface area contributed by atoms with Crippen LogP contribution in [-0.4, -0.2) is 85.8 Å². The molecule has 4 saturated heterocycles. The highest BCUT2D eigenvalue weighted by atomic mass is 16.6. The lowest BCUT2D eigenvalue weighted by atomic mass is 9.84. The fraction of sp³-hybridized carbons (Fsp3) is 0.943. The van der Waals surface area contributed by atoms with E-state index in [0.717, 1.165) is 70.6 Å². The lowest BCUT2D eigenvalue weighted by Crippen LogP contribution is -2.44. The van der Waals surface area contributed by atoms with E-state index in [-0.39, 0.29) is 84.4 Å². The smallest absolute Gasteiger partial charge is 0.311 e. The summed E-state index contributed by atoms with van der Waals surface area (Å²) in [6.07, 6.45) is 10.3. The molecule has 0 aromatic heterocycles. The first kappa shape index (κ1) is 34.6. The summed E-state index contributed by atoms with van der Waals surface area (Å²) in [7, 11) is 4.32. The third kappa shape index (κ3) is 8.74. The van der Waals surface area contributed by atoms with Crippen LogP contribution in [0.3, 0.4) is 0 Å². The first-order chi connectivity index (χ1) is 20.5. The molecule has 8 heteroatoms. The largest absolute Gasteiger partial charge is 0.462 e. The molecule has 0 aromatic rings. The molecule has 4 rings (SSSR count). The van der Waals surface area contributed by atoms with Crippen molar-refractivity contribution in [1.29, 1.82) is 0 Å².